The second-order valence-corrected chi connectivity index (χ2v) is 7.16. The standard InChI is InChI=1S/C18H17N5O3S/c1-11-7-9-13(10-8-11)16-20-18(22-21-16)27-12(2)17(24)19-14-5-3-4-6-15(14)23(25)26/h3-10,12H,1-2H3,(H,19,24)(H,20,21,22)/t12-/m0/s1. The molecule has 1 atom stereocenters. The van der Waals surface area contributed by atoms with E-state index in [4.69, 9.17) is 0 Å². The van der Waals surface area contributed by atoms with Crippen LogP contribution in [0.3, 0.4) is 0 Å². The Hall–Kier alpha value is -3.20. The Balaban J connectivity index is 1.67. The number of carbonyl (C=O) groups is 1. The molecular formula is C18H17N5O3S. The average molecular weight is 383 g/mol. The maximum Gasteiger partial charge on any atom is 0.292 e. The summed E-state index contributed by atoms with van der Waals surface area (Å²) < 4.78 is 0. The molecule has 1 heterocycles. The van der Waals surface area contributed by atoms with E-state index < -0.39 is 10.2 Å². The van der Waals surface area contributed by atoms with Crippen molar-refractivity contribution in [1.82, 2.24) is 15.2 Å². The Morgan fingerprint density at radius 3 is 2.63 bits per heavy atom. The molecule has 9 heteroatoms. The van der Waals surface area contributed by atoms with Crippen LogP contribution in [0.25, 0.3) is 11.4 Å². The number of nitro groups is 1. The third-order valence-electron chi connectivity index (χ3n) is 3.80. The van der Waals surface area contributed by atoms with Crippen LogP contribution in [0.1, 0.15) is 12.5 Å². The first-order chi connectivity index (χ1) is 12.9. The number of benzene rings is 2. The molecule has 0 bridgehead atoms. The molecule has 0 aliphatic rings. The van der Waals surface area contributed by atoms with Crippen molar-refractivity contribution in [2.24, 2.45) is 0 Å². The van der Waals surface area contributed by atoms with E-state index in [0.29, 0.717) is 11.0 Å². The fraction of sp³-hybridized carbons (Fsp3) is 0.167. The van der Waals surface area contributed by atoms with Crippen LogP contribution in [-0.2, 0) is 4.79 Å². The molecule has 0 spiro atoms. The zero-order valence-electron chi connectivity index (χ0n) is 14.7. The monoisotopic (exact) mass is 383 g/mol. The Labute approximate surface area is 159 Å². The highest BCUT2D eigenvalue weighted by Gasteiger charge is 2.21. The predicted molar refractivity (Wildman–Crippen MR) is 104 cm³/mol. The van der Waals surface area contributed by atoms with Gasteiger partial charge in [-0.25, -0.2) is 4.98 Å². The van der Waals surface area contributed by atoms with E-state index in [0.717, 1.165) is 11.1 Å². The number of para-hydroxylation sites is 2. The number of H-pyrrole nitrogens is 1. The minimum absolute atomic E-state index is 0.150. The quantitative estimate of drug-likeness (QED) is 0.380. The van der Waals surface area contributed by atoms with Crippen molar-refractivity contribution in [1.29, 1.82) is 0 Å². The molecule has 0 aliphatic carbocycles. The molecule has 1 amide bonds. The summed E-state index contributed by atoms with van der Waals surface area (Å²) in [6.45, 7) is 3.69. The molecule has 0 aliphatic heterocycles. The van der Waals surface area contributed by atoms with Gasteiger partial charge in [-0.05, 0) is 19.9 Å². The minimum atomic E-state index is -0.536. The normalized spacial score (nSPS) is 11.8. The summed E-state index contributed by atoms with van der Waals surface area (Å²) in [5.74, 6) is 0.250. The molecule has 1 aromatic heterocycles. The fourth-order valence-corrected chi connectivity index (χ4v) is 3.05. The van der Waals surface area contributed by atoms with E-state index in [1.54, 1.807) is 19.1 Å². The van der Waals surface area contributed by atoms with Crippen molar-refractivity contribution >= 4 is 29.0 Å². The van der Waals surface area contributed by atoms with Crippen LogP contribution in [0, 0.1) is 17.0 Å². The molecule has 0 unspecified atom stereocenters. The number of rotatable bonds is 6. The zero-order chi connectivity index (χ0) is 19.4. The van der Waals surface area contributed by atoms with E-state index in [-0.39, 0.29) is 17.3 Å². The van der Waals surface area contributed by atoms with E-state index in [9.17, 15) is 14.9 Å². The van der Waals surface area contributed by atoms with E-state index in [1.807, 2.05) is 31.2 Å². The average Bonchev–Trinajstić information content (AvgIpc) is 3.11. The molecule has 138 valence electrons. The van der Waals surface area contributed by atoms with Crippen LogP contribution in [0.4, 0.5) is 11.4 Å². The maximum atomic E-state index is 12.4. The van der Waals surface area contributed by atoms with Gasteiger partial charge in [0, 0.05) is 11.6 Å². The lowest BCUT2D eigenvalue weighted by atomic mass is 10.1. The molecule has 0 saturated heterocycles. The van der Waals surface area contributed by atoms with Gasteiger partial charge >= 0.3 is 0 Å². The fourth-order valence-electron chi connectivity index (χ4n) is 2.32. The summed E-state index contributed by atoms with van der Waals surface area (Å²) in [7, 11) is 0. The first kappa shape index (κ1) is 18.6. The Morgan fingerprint density at radius 1 is 1.22 bits per heavy atom. The number of anilines is 1. The number of nitrogens with zero attached hydrogens (tertiary/aromatic N) is 3. The molecule has 8 nitrogen and oxygen atoms in total. The van der Waals surface area contributed by atoms with Crippen LogP contribution in [0.15, 0.2) is 53.7 Å². The van der Waals surface area contributed by atoms with Gasteiger partial charge in [-0.1, -0.05) is 53.7 Å². The number of nitrogens with one attached hydrogen (secondary N) is 2. The summed E-state index contributed by atoms with van der Waals surface area (Å²) in [4.78, 5) is 27.3. The number of carbonyl (C=O) groups excluding carboxylic acids is 1. The van der Waals surface area contributed by atoms with Crippen LogP contribution in [0.5, 0.6) is 0 Å². The number of amides is 1. The number of thioether (sulfide) groups is 1. The second-order valence-electron chi connectivity index (χ2n) is 5.86. The number of aryl methyl sites for hydroxylation is 1. The predicted octanol–water partition coefficient (Wildman–Crippen LogP) is 3.81. The van der Waals surface area contributed by atoms with Gasteiger partial charge in [-0.2, -0.15) is 0 Å². The van der Waals surface area contributed by atoms with Gasteiger partial charge in [0.05, 0.1) is 10.2 Å². The molecule has 2 aromatic carbocycles. The highest BCUT2D eigenvalue weighted by atomic mass is 32.2. The summed E-state index contributed by atoms with van der Waals surface area (Å²) in [6, 6.07) is 13.9. The third-order valence-corrected chi connectivity index (χ3v) is 4.76. The third kappa shape index (κ3) is 4.50. The van der Waals surface area contributed by atoms with Gasteiger partial charge in [0.2, 0.25) is 11.1 Å². The SMILES string of the molecule is Cc1ccc(-c2nc(S[C@@H](C)C(=O)Nc3ccccc3[N+](=O)[O-])n[nH]2)cc1. The minimum Gasteiger partial charge on any atom is -0.319 e. The van der Waals surface area contributed by atoms with Gasteiger partial charge in [0.15, 0.2) is 5.82 Å². The summed E-state index contributed by atoms with van der Waals surface area (Å²) in [6.07, 6.45) is 0. The number of aromatic amines is 1. The molecule has 27 heavy (non-hydrogen) atoms. The van der Waals surface area contributed by atoms with Crippen LogP contribution < -0.4 is 5.32 Å². The summed E-state index contributed by atoms with van der Waals surface area (Å²) >= 11 is 1.17. The van der Waals surface area contributed by atoms with Crippen molar-refractivity contribution in [3.63, 3.8) is 0 Å². The van der Waals surface area contributed by atoms with Gasteiger partial charge in [-0.3, -0.25) is 20.0 Å². The van der Waals surface area contributed by atoms with Crippen molar-refractivity contribution in [3.05, 3.63) is 64.2 Å². The van der Waals surface area contributed by atoms with E-state index >= 15 is 0 Å². The van der Waals surface area contributed by atoms with Gasteiger partial charge in [-0.15, -0.1) is 5.10 Å². The van der Waals surface area contributed by atoms with Crippen LogP contribution >= 0.6 is 11.8 Å². The number of hydrogen-bond acceptors (Lipinski definition) is 6. The van der Waals surface area contributed by atoms with Crippen molar-refractivity contribution in [2.45, 2.75) is 24.3 Å². The highest BCUT2D eigenvalue weighted by molar-refractivity contribution is 8.00. The van der Waals surface area contributed by atoms with Crippen molar-refractivity contribution < 1.29 is 9.72 Å². The molecule has 3 rings (SSSR count). The molecule has 0 saturated carbocycles. The lowest BCUT2D eigenvalue weighted by molar-refractivity contribution is -0.383. The lowest BCUT2D eigenvalue weighted by Crippen LogP contribution is -2.23. The van der Waals surface area contributed by atoms with Crippen molar-refractivity contribution in [2.75, 3.05) is 5.32 Å². The highest BCUT2D eigenvalue weighted by Crippen LogP contribution is 2.26. The Bertz CT molecular complexity index is 971. The van der Waals surface area contributed by atoms with E-state index in [2.05, 4.69) is 20.5 Å². The molecule has 0 fully saturated rings. The first-order valence-corrected chi connectivity index (χ1v) is 9.02. The molecular weight excluding hydrogens is 366 g/mol. The van der Waals surface area contributed by atoms with Crippen molar-refractivity contribution in [3.8, 4) is 11.4 Å². The zero-order valence-corrected chi connectivity index (χ0v) is 15.5. The largest absolute Gasteiger partial charge is 0.319 e. The van der Waals surface area contributed by atoms with Crippen LogP contribution in [0.2, 0.25) is 0 Å². The Kier molecular flexibility index (Phi) is 5.51. The van der Waals surface area contributed by atoms with Gasteiger partial charge in [0.1, 0.15) is 5.69 Å². The molecule has 3 aromatic rings. The summed E-state index contributed by atoms with van der Waals surface area (Å²) in [5.41, 5.74) is 2.06. The van der Waals surface area contributed by atoms with Gasteiger partial charge < -0.3 is 5.32 Å². The number of nitro benzene ring substituents is 1. The van der Waals surface area contributed by atoms with Gasteiger partial charge in [0.25, 0.3) is 5.69 Å². The smallest absolute Gasteiger partial charge is 0.292 e. The number of aromatic nitrogens is 3. The second kappa shape index (κ2) is 8.00. The van der Waals surface area contributed by atoms with E-state index in [1.165, 1.54) is 23.9 Å². The molecule has 0 radical (unpaired) electrons. The topological polar surface area (TPSA) is 114 Å². The number of hydrogen-bond donors (Lipinski definition) is 2. The van der Waals surface area contributed by atoms with Crippen LogP contribution in [-0.4, -0.2) is 31.3 Å². The Morgan fingerprint density at radius 2 is 1.93 bits per heavy atom. The first-order valence-electron chi connectivity index (χ1n) is 8.14. The maximum absolute atomic E-state index is 12.4. The summed E-state index contributed by atoms with van der Waals surface area (Å²) in [5, 5.41) is 20.5. The lowest BCUT2D eigenvalue weighted by Gasteiger charge is -2.10. The molecule has 2 N–H and O–H groups in total.